The Labute approximate surface area is 71.6 Å². The van der Waals surface area contributed by atoms with Crippen molar-refractivity contribution in [3.8, 4) is 12.3 Å². The molecule has 0 saturated carbocycles. The van der Waals surface area contributed by atoms with E-state index in [1.165, 1.54) is 0 Å². The van der Waals surface area contributed by atoms with E-state index in [0.717, 1.165) is 0 Å². The third-order valence-electron chi connectivity index (χ3n) is 1.38. The van der Waals surface area contributed by atoms with Crippen molar-refractivity contribution < 1.29 is 15.0 Å². The first kappa shape index (κ1) is 11.0. The summed E-state index contributed by atoms with van der Waals surface area (Å²) in [5.41, 5.74) is -1.64. The summed E-state index contributed by atoms with van der Waals surface area (Å²) in [7, 11) is 0. The van der Waals surface area contributed by atoms with E-state index < -0.39 is 18.1 Å². The minimum absolute atomic E-state index is 0.0932. The largest absolute Gasteiger partial charge is 0.479 e. The van der Waals surface area contributed by atoms with Crippen molar-refractivity contribution in [2.45, 2.75) is 25.4 Å². The number of aliphatic hydroxyl groups is 1. The van der Waals surface area contributed by atoms with Crippen molar-refractivity contribution in [3.63, 3.8) is 0 Å². The number of aliphatic hydroxyl groups excluding tert-OH is 1. The molecule has 0 aromatic carbocycles. The van der Waals surface area contributed by atoms with Gasteiger partial charge in [-0.25, -0.2) is 4.79 Å². The molecule has 0 amide bonds. The third-order valence-corrected chi connectivity index (χ3v) is 1.38. The SMILES string of the molecule is C#C[C@@](CO)(NC(C)C)C(=O)O. The number of nitrogens with one attached hydrogen (secondary N) is 1. The highest BCUT2D eigenvalue weighted by Gasteiger charge is 2.36. The fourth-order valence-corrected chi connectivity index (χ4v) is 0.817. The third kappa shape index (κ3) is 2.22. The average Bonchev–Trinajstić information content (AvgIpc) is 1.99. The Kier molecular flexibility index (Phi) is 3.74. The maximum Gasteiger partial charge on any atom is 0.338 e. The summed E-state index contributed by atoms with van der Waals surface area (Å²) in [5, 5.41) is 20.1. The van der Waals surface area contributed by atoms with Gasteiger partial charge < -0.3 is 10.2 Å². The van der Waals surface area contributed by atoms with Gasteiger partial charge in [-0.05, 0) is 13.8 Å². The van der Waals surface area contributed by atoms with Crippen LogP contribution in [0.1, 0.15) is 13.8 Å². The Bertz CT molecular complexity index is 207. The van der Waals surface area contributed by atoms with Gasteiger partial charge in [-0.3, -0.25) is 5.32 Å². The zero-order valence-corrected chi connectivity index (χ0v) is 7.16. The number of terminal acetylenes is 1. The zero-order chi connectivity index (χ0) is 9.78. The molecule has 4 heteroatoms. The second-order valence-electron chi connectivity index (χ2n) is 2.81. The first-order valence-electron chi connectivity index (χ1n) is 3.58. The number of carbonyl (C=O) groups is 1. The van der Waals surface area contributed by atoms with E-state index in [0.29, 0.717) is 0 Å². The summed E-state index contributed by atoms with van der Waals surface area (Å²) in [6, 6.07) is -0.0932. The molecule has 0 aromatic heterocycles. The van der Waals surface area contributed by atoms with Gasteiger partial charge in [0.2, 0.25) is 5.54 Å². The fraction of sp³-hybridized carbons (Fsp3) is 0.625. The summed E-state index contributed by atoms with van der Waals surface area (Å²) in [5.74, 6) is 0.800. The smallest absolute Gasteiger partial charge is 0.338 e. The molecule has 0 aliphatic heterocycles. The maximum atomic E-state index is 10.7. The number of rotatable bonds is 4. The lowest BCUT2D eigenvalue weighted by molar-refractivity contribution is -0.144. The lowest BCUT2D eigenvalue weighted by atomic mass is 10.0. The molecule has 0 bridgehead atoms. The summed E-state index contributed by atoms with van der Waals surface area (Å²) < 4.78 is 0. The van der Waals surface area contributed by atoms with E-state index in [2.05, 4.69) is 5.32 Å². The van der Waals surface area contributed by atoms with Crippen molar-refractivity contribution in [1.82, 2.24) is 5.32 Å². The summed E-state index contributed by atoms with van der Waals surface area (Å²) in [6.07, 6.45) is 5.01. The lowest BCUT2D eigenvalue weighted by Gasteiger charge is -2.24. The number of aliphatic carboxylic acids is 1. The van der Waals surface area contributed by atoms with Crippen LogP contribution < -0.4 is 5.32 Å². The van der Waals surface area contributed by atoms with Gasteiger partial charge in [0.1, 0.15) is 0 Å². The topological polar surface area (TPSA) is 69.6 Å². The molecule has 0 aliphatic carbocycles. The van der Waals surface area contributed by atoms with E-state index in [1.807, 2.05) is 5.92 Å². The highest BCUT2D eigenvalue weighted by Crippen LogP contribution is 2.03. The standard InChI is InChI=1S/C8H13NO3/c1-4-8(5-10,7(11)12)9-6(2)3/h1,6,9-10H,5H2,2-3H3,(H,11,12)/t8-/m0/s1. The Morgan fingerprint density at radius 2 is 2.25 bits per heavy atom. The Morgan fingerprint density at radius 3 is 2.33 bits per heavy atom. The molecule has 4 nitrogen and oxygen atoms in total. The molecule has 0 saturated heterocycles. The van der Waals surface area contributed by atoms with Gasteiger partial charge in [0.15, 0.2) is 0 Å². The van der Waals surface area contributed by atoms with Crippen LogP contribution in [0.5, 0.6) is 0 Å². The number of carboxylic acids is 1. The van der Waals surface area contributed by atoms with E-state index in [9.17, 15) is 4.79 Å². The van der Waals surface area contributed by atoms with E-state index in [-0.39, 0.29) is 6.04 Å². The van der Waals surface area contributed by atoms with Crippen LogP contribution in [0.2, 0.25) is 0 Å². The molecule has 0 spiro atoms. The van der Waals surface area contributed by atoms with Crippen LogP contribution in [-0.4, -0.2) is 34.4 Å². The Balaban J connectivity index is 4.62. The molecule has 12 heavy (non-hydrogen) atoms. The van der Waals surface area contributed by atoms with Crippen LogP contribution in [0.15, 0.2) is 0 Å². The van der Waals surface area contributed by atoms with Gasteiger partial charge in [0.05, 0.1) is 6.61 Å². The first-order valence-corrected chi connectivity index (χ1v) is 3.58. The number of hydrogen-bond acceptors (Lipinski definition) is 3. The predicted octanol–water partition coefficient (Wildman–Crippen LogP) is -0.567. The van der Waals surface area contributed by atoms with Gasteiger partial charge in [0, 0.05) is 6.04 Å². The summed E-state index contributed by atoms with van der Waals surface area (Å²) in [4.78, 5) is 10.7. The molecule has 0 aromatic rings. The second kappa shape index (κ2) is 4.10. The lowest BCUT2D eigenvalue weighted by Crippen LogP contribution is -2.56. The number of hydrogen-bond donors (Lipinski definition) is 3. The summed E-state index contributed by atoms with van der Waals surface area (Å²) in [6.45, 7) is 2.90. The van der Waals surface area contributed by atoms with Crippen molar-refractivity contribution in [2.75, 3.05) is 6.61 Å². The molecular formula is C8H13NO3. The average molecular weight is 171 g/mol. The minimum atomic E-state index is -1.64. The van der Waals surface area contributed by atoms with Crippen molar-refractivity contribution in [3.05, 3.63) is 0 Å². The van der Waals surface area contributed by atoms with Gasteiger partial charge in [-0.2, -0.15) is 0 Å². The first-order chi connectivity index (χ1) is 5.48. The normalized spacial score (nSPS) is 15.2. The van der Waals surface area contributed by atoms with E-state index in [1.54, 1.807) is 13.8 Å². The van der Waals surface area contributed by atoms with Gasteiger partial charge in [-0.15, -0.1) is 6.42 Å². The van der Waals surface area contributed by atoms with Crippen LogP contribution in [-0.2, 0) is 4.79 Å². The maximum absolute atomic E-state index is 10.7. The van der Waals surface area contributed by atoms with Crippen LogP contribution in [0, 0.1) is 12.3 Å². The van der Waals surface area contributed by atoms with Crippen LogP contribution in [0.4, 0.5) is 0 Å². The second-order valence-corrected chi connectivity index (χ2v) is 2.81. The minimum Gasteiger partial charge on any atom is -0.479 e. The van der Waals surface area contributed by atoms with Crippen LogP contribution in [0.25, 0.3) is 0 Å². The van der Waals surface area contributed by atoms with Crippen molar-refractivity contribution in [1.29, 1.82) is 0 Å². The van der Waals surface area contributed by atoms with Crippen LogP contribution >= 0.6 is 0 Å². The van der Waals surface area contributed by atoms with Crippen molar-refractivity contribution >= 4 is 5.97 Å². The fourth-order valence-electron chi connectivity index (χ4n) is 0.817. The Hall–Kier alpha value is -1.05. The molecule has 0 radical (unpaired) electrons. The molecule has 0 aliphatic rings. The molecule has 0 rings (SSSR count). The monoisotopic (exact) mass is 171 g/mol. The van der Waals surface area contributed by atoms with E-state index >= 15 is 0 Å². The molecule has 0 heterocycles. The predicted molar refractivity (Wildman–Crippen MR) is 44.6 cm³/mol. The molecular weight excluding hydrogens is 158 g/mol. The molecule has 3 N–H and O–H groups in total. The molecule has 1 atom stereocenters. The van der Waals surface area contributed by atoms with Gasteiger partial charge >= 0.3 is 5.97 Å². The quantitative estimate of drug-likeness (QED) is 0.496. The summed E-state index contributed by atoms with van der Waals surface area (Å²) >= 11 is 0. The zero-order valence-electron chi connectivity index (χ0n) is 7.16. The number of carboxylic acid groups (broad SMARTS) is 1. The highest BCUT2D eigenvalue weighted by molar-refractivity contribution is 5.83. The van der Waals surface area contributed by atoms with Gasteiger partial charge in [-0.1, -0.05) is 5.92 Å². The highest BCUT2D eigenvalue weighted by atomic mass is 16.4. The van der Waals surface area contributed by atoms with E-state index in [4.69, 9.17) is 16.6 Å². The Morgan fingerprint density at radius 1 is 1.75 bits per heavy atom. The molecule has 0 unspecified atom stereocenters. The van der Waals surface area contributed by atoms with Crippen LogP contribution in [0.3, 0.4) is 0 Å². The molecule has 68 valence electrons. The van der Waals surface area contributed by atoms with Crippen molar-refractivity contribution in [2.24, 2.45) is 0 Å². The van der Waals surface area contributed by atoms with Gasteiger partial charge in [0.25, 0.3) is 0 Å². The molecule has 0 fully saturated rings.